The SMILES string of the molecule is CCCCCCCCCCCCCC/C=C\CCCCCCCCCCCCCCCCC(O)C(=O)NC(COC1OC(CO)C(O)C(O)C1O)C(O)C(O)CCCCCC. The predicted octanol–water partition coefficient (Wildman–Crippen LogP) is 9.23. The first-order valence-electron chi connectivity index (χ1n) is 25.6. The molecule has 362 valence electrons. The second kappa shape index (κ2) is 40.4. The van der Waals surface area contributed by atoms with Gasteiger partial charge < -0.3 is 50.5 Å². The summed E-state index contributed by atoms with van der Waals surface area (Å²) in [5, 5.41) is 74.9. The standard InChI is InChI=1S/C50H97NO10/c1-3-5-7-9-10-11-12-13-14-15-16-17-18-19-20-21-22-23-24-25-26-27-28-29-30-31-32-33-34-36-38-43(54)49(59)51-41(45(55)42(53)37-35-8-6-4-2)40-60-50-48(58)47(57)46(56)44(39-52)61-50/h19-20,41-48,50,52-58H,3-18,21-40H2,1-2H3,(H,51,59)/b20-19-. The first-order valence-corrected chi connectivity index (χ1v) is 25.6. The molecule has 0 aromatic heterocycles. The molecule has 0 aliphatic carbocycles. The third kappa shape index (κ3) is 29.8. The lowest BCUT2D eigenvalue weighted by atomic mass is 9.98. The molecule has 0 aromatic carbocycles. The van der Waals surface area contributed by atoms with Gasteiger partial charge in [-0.2, -0.15) is 0 Å². The van der Waals surface area contributed by atoms with E-state index in [4.69, 9.17) is 9.47 Å². The normalized spacial score (nSPS) is 21.5. The molecule has 1 amide bonds. The van der Waals surface area contributed by atoms with Crippen molar-refractivity contribution >= 4 is 5.91 Å². The molecule has 11 nitrogen and oxygen atoms in total. The fourth-order valence-electron chi connectivity index (χ4n) is 8.32. The van der Waals surface area contributed by atoms with Gasteiger partial charge in [-0.15, -0.1) is 0 Å². The van der Waals surface area contributed by atoms with Crippen molar-refractivity contribution < 1.29 is 50.0 Å². The van der Waals surface area contributed by atoms with E-state index in [2.05, 4.69) is 31.3 Å². The van der Waals surface area contributed by atoms with Gasteiger partial charge in [-0.3, -0.25) is 4.79 Å². The number of hydrogen-bond donors (Lipinski definition) is 8. The minimum Gasteiger partial charge on any atom is -0.394 e. The number of amides is 1. The zero-order chi connectivity index (χ0) is 44.8. The van der Waals surface area contributed by atoms with Crippen LogP contribution in [0, 0.1) is 0 Å². The van der Waals surface area contributed by atoms with Gasteiger partial charge in [0, 0.05) is 0 Å². The Balaban J connectivity index is 2.10. The van der Waals surface area contributed by atoms with Crippen LogP contribution < -0.4 is 5.32 Å². The number of nitrogens with one attached hydrogen (secondary N) is 1. The van der Waals surface area contributed by atoms with Gasteiger partial charge in [0.05, 0.1) is 25.4 Å². The van der Waals surface area contributed by atoms with E-state index in [-0.39, 0.29) is 6.42 Å². The fourth-order valence-corrected chi connectivity index (χ4v) is 8.32. The van der Waals surface area contributed by atoms with Crippen LogP contribution in [0.15, 0.2) is 12.2 Å². The van der Waals surface area contributed by atoms with Crippen LogP contribution in [0.2, 0.25) is 0 Å². The van der Waals surface area contributed by atoms with E-state index >= 15 is 0 Å². The topological polar surface area (TPSA) is 189 Å². The molecule has 1 rings (SSSR count). The highest BCUT2D eigenvalue weighted by molar-refractivity contribution is 5.80. The van der Waals surface area contributed by atoms with Crippen molar-refractivity contribution in [2.75, 3.05) is 13.2 Å². The van der Waals surface area contributed by atoms with E-state index in [1.54, 1.807) is 0 Å². The van der Waals surface area contributed by atoms with Gasteiger partial charge in [-0.05, 0) is 38.5 Å². The van der Waals surface area contributed by atoms with E-state index < -0.39 is 74.2 Å². The van der Waals surface area contributed by atoms with Gasteiger partial charge in [-0.1, -0.05) is 206 Å². The summed E-state index contributed by atoms with van der Waals surface area (Å²) in [5.74, 6) is -0.702. The number of carbonyl (C=O) groups is 1. The minimum atomic E-state index is -1.66. The van der Waals surface area contributed by atoms with Crippen LogP contribution in [0.5, 0.6) is 0 Å². The number of rotatable bonds is 43. The van der Waals surface area contributed by atoms with E-state index in [9.17, 15) is 40.5 Å². The molecule has 1 fully saturated rings. The molecular weight excluding hydrogens is 775 g/mol. The maximum Gasteiger partial charge on any atom is 0.249 e. The molecule has 0 spiro atoms. The summed E-state index contributed by atoms with van der Waals surface area (Å²) in [7, 11) is 0. The molecule has 0 aromatic rings. The minimum absolute atomic E-state index is 0.262. The van der Waals surface area contributed by atoms with E-state index in [1.807, 2.05) is 0 Å². The Kier molecular flexibility index (Phi) is 38.3. The van der Waals surface area contributed by atoms with Gasteiger partial charge in [0.1, 0.15) is 36.6 Å². The largest absolute Gasteiger partial charge is 0.394 e. The number of aliphatic hydroxyl groups excluding tert-OH is 7. The molecular formula is C50H97NO10. The first kappa shape index (κ1) is 57.9. The third-order valence-corrected chi connectivity index (χ3v) is 12.6. The van der Waals surface area contributed by atoms with Crippen LogP contribution in [0.3, 0.4) is 0 Å². The zero-order valence-corrected chi connectivity index (χ0v) is 39.2. The molecule has 1 aliphatic rings. The molecule has 0 radical (unpaired) electrons. The Hall–Kier alpha value is -1.15. The molecule has 9 unspecified atom stereocenters. The first-order chi connectivity index (χ1) is 29.7. The number of ether oxygens (including phenoxy) is 2. The van der Waals surface area contributed by atoms with Crippen LogP contribution in [-0.4, -0.2) is 110 Å². The summed E-state index contributed by atoms with van der Waals surface area (Å²) >= 11 is 0. The molecule has 61 heavy (non-hydrogen) atoms. The maximum atomic E-state index is 13.0. The van der Waals surface area contributed by atoms with Crippen molar-refractivity contribution in [3.63, 3.8) is 0 Å². The lowest BCUT2D eigenvalue weighted by molar-refractivity contribution is -0.303. The average molecular weight is 872 g/mol. The van der Waals surface area contributed by atoms with Crippen LogP contribution in [0.25, 0.3) is 0 Å². The second-order valence-corrected chi connectivity index (χ2v) is 18.2. The quantitative estimate of drug-likeness (QED) is 0.0217. The second-order valence-electron chi connectivity index (χ2n) is 18.2. The Bertz CT molecular complexity index is 1000. The average Bonchev–Trinajstić information content (AvgIpc) is 3.26. The lowest BCUT2D eigenvalue weighted by Crippen LogP contribution is -2.60. The highest BCUT2D eigenvalue weighted by Crippen LogP contribution is 2.23. The van der Waals surface area contributed by atoms with Crippen molar-refractivity contribution in [2.24, 2.45) is 0 Å². The number of hydrogen-bond acceptors (Lipinski definition) is 10. The third-order valence-electron chi connectivity index (χ3n) is 12.6. The van der Waals surface area contributed by atoms with Crippen LogP contribution >= 0.6 is 0 Å². The maximum absolute atomic E-state index is 13.0. The van der Waals surface area contributed by atoms with Gasteiger partial charge in [0.2, 0.25) is 5.91 Å². The number of unbranched alkanes of at least 4 members (excludes halogenated alkanes) is 29. The monoisotopic (exact) mass is 872 g/mol. The van der Waals surface area contributed by atoms with Crippen molar-refractivity contribution in [3.8, 4) is 0 Å². The highest BCUT2D eigenvalue weighted by Gasteiger charge is 2.44. The Labute approximate surface area is 372 Å². The molecule has 11 heteroatoms. The lowest BCUT2D eigenvalue weighted by Gasteiger charge is -2.40. The van der Waals surface area contributed by atoms with E-state index in [0.29, 0.717) is 19.3 Å². The van der Waals surface area contributed by atoms with Gasteiger partial charge in [-0.25, -0.2) is 0 Å². The van der Waals surface area contributed by atoms with E-state index in [1.165, 1.54) is 154 Å². The van der Waals surface area contributed by atoms with Gasteiger partial charge in [0.15, 0.2) is 6.29 Å². The summed E-state index contributed by atoms with van der Waals surface area (Å²) in [4.78, 5) is 13.0. The Morgan fingerprint density at radius 1 is 0.557 bits per heavy atom. The van der Waals surface area contributed by atoms with Crippen LogP contribution in [0.1, 0.15) is 232 Å². The van der Waals surface area contributed by atoms with E-state index in [0.717, 1.165) is 38.5 Å². The Morgan fingerprint density at radius 3 is 1.39 bits per heavy atom. The Morgan fingerprint density at radius 2 is 0.951 bits per heavy atom. The molecule has 1 heterocycles. The smallest absolute Gasteiger partial charge is 0.249 e. The van der Waals surface area contributed by atoms with Crippen molar-refractivity contribution in [3.05, 3.63) is 12.2 Å². The van der Waals surface area contributed by atoms with Gasteiger partial charge >= 0.3 is 0 Å². The number of aliphatic hydroxyl groups is 7. The molecule has 1 saturated heterocycles. The predicted molar refractivity (Wildman–Crippen MR) is 247 cm³/mol. The summed E-state index contributed by atoms with van der Waals surface area (Å²) in [6.07, 6.45) is 33.8. The summed E-state index contributed by atoms with van der Waals surface area (Å²) < 4.78 is 11.0. The highest BCUT2D eigenvalue weighted by atomic mass is 16.7. The molecule has 0 saturated carbocycles. The fraction of sp³-hybridized carbons (Fsp3) is 0.940. The number of carbonyl (C=O) groups excluding carboxylic acids is 1. The molecule has 8 N–H and O–H groups in total. The number of allylic oxidation sites excluding steroid dienone is 2. The molecule has 9 atom stereocenters. The van der Waals surface area contributed by atoms with Crippen molar-refractivity contribution in [1.29, 1.82) is 0 Å². The van der Waals surface area contributed by atoms with Crippen LogP contribution in [0.4, 0.5) is 0 Å². The van der Waals surface area contributed by atoms with Gasteiger partial charge in [0.25, 0.3) is 0 Å². The zero-order valence-electron chi connectivity index (χ0n) is 39.2. The summed E-state index contributed by atoms with van der Waals surface area (Å²) in [6.45, 7) is 3.30. The van der Waals surface area contributed by atoms with Crippen molar-refractivity contribution in [1.82, 2.24) is 5.32 Å². The summed E-state index contributed by atoms with van der Waals surface area (Å²) in [6, 6.07) is -1.16. The van der Waals surface area contributed by atoms with Crippen LogP contribution in [-0.2, 0) is 14.3 Å². The summed E-state index contributed by atoms with van der Waals surface area (Å²) in [5.41, 5.74) is 0. The molecule has 1 aliphatic heterocycles. The van der Waals surface area contributed by atoms with Crippen molar-refractivity contribution in [2.45, 2.75) is 287 Å². The molecule has 0 bridgehead atoms.